The standard InChI is InChI=1S/C19H21N3O3/c1-19(2,3)14-6-7-15-16(9-14)25-17(12-24-15)18(23)22-21-11-13-5-4-8-20-10-13/h4-11,17H,12H2,1-3H3,(H,22,23)/b21-11-/t17-/m1/s1. The molecule has 2 aromatic rings. The second-order valence-corrected chi connectivity index (χ2v) is 6.85. The van der Waals surface area contributed by atoms with Crippen LogP contribution >= 0.6 is 0 Å². The van der Waals surface area contributed by atoms with Crippen molar-refractivity contribution in [3.63, 3.8) is 0 Å². The molecule has 0 spiro atoms. The molecule has 0 radical (unpaired) electrons. The molecule has 0 saturated heterocycles. The van der Waals surface area contributed by atoms with Crippen molar-refractivity contribution in [2.45, 2.75) is 32.3 Å². The number of hydrogen-bond donors (Lipinski definition) is 1. The van der Waals surface area contributed by atoms with Crippen LogP contribution in [-0.4, -0.2) is 29.8 Å². The van der Waals surface area contributed by atoms with Crippen molar-refractivity contribution in [2.24, 2.45) is 5.10 Å². The van der Waals surface area contributed by atoms with Crippen LogP contribution in [0.5, 0.6) is 11.5 Å². The van der Waals surface area contributed by atoms with E-state index in [9.17, 15) is 4.79 Å². The number of nitrogens with zero attached hydrogens (tertiary/aromatic N) is 2. The molecule has 1 aromatic heterocycles. The average Bonchev–Trinajstić information content (AvgIpc) is 2.61. The van der Waals surface area contributed by atoms with E-state index in [0.29, 0.717) is 11.5 Å². The van der Waals surface area contributed by atoms with Crippen LogP contribution in [0.3, 0.4) is 0 Å². The Morgan fingerprint density at radius 3 is 2.88 bits per heavy atom. The minimum atomic E-state index is -0.742. The van der Waals surface area contributed by atoms with E-state index in [1.807, 2.05) is 24.3 Å². The summed E-state index contributed by atoms with van der Waals surface area (Å²) in [6.07, 6.45) is 4.11. The third-order valence-electron chi connectivity index (χ3n) is 3.83. The summed E-state index contributed by atoms with van der Waals surface area (Å²) < 4.78 is 11.5. The number of fused-ring (bicyclic) bond motifs is 1. The van der Waals surface area contributed by atoms with E-state index in [4.69, 9.17) is 9.47 Å². The van der Waals surface area contributed by atoms with Crippen LogP contribution in [-0.2, 0) is 10.2 Å². The molecule has 0 bridgehead atoms. The Bertz CT molecular complexity index is 782. The van der Waals surface area contributed by atoms with Crippen LogP contribution < -0.4 is 14.9 Å². The number of ether oxygens (including phenoxy) is 2. The van der Waals surface area contributed by atoms with Crippen molar-refractivity contribution in [2.75, 3.05) is 6.61 Å². The van der Waals surface area contributed by atoms with E-state index in [1.165, 1.54) is 6.21 Å². The molecule has 6 heteroatoms. The van der Waals surface area contributed by atoms with Crippen LogP contribution in [0, 0.1) is 0 Å². The lowest BCUT2D eigenvalue weighted by molar-refractivity contribution is -0.130. The normalized spacial score (nSPS) is 16.7. The van der Waals surface area contributed by atoms with Crippen LogP contribution in [0.1, 0.15) is 31.9 Å². The van der Waals surface area contributed by atoms with Gasteiger partial charge in [0, 0.05) is 18.0 Å². The van der Waals surface area contributed by atoms with Crippen molar-refractivity contribution in [3.05, 3.63) is 53.9 Å². The number of amides is 1. The third-order valence-corrected chi connectivity index (χ3v) is 3.83. The number of hydrogen-bond acceptors (Lipinski definition) is 5. The molecule has 1 atom stereocenters. The first-order valence-electron chi connectivity index (χ1n) is 8.10. The highest BCUT2D eigenvalue weighted by Crippen LogP contribution is 2.36. The van der Waals surface area contributed by atoms with E-state index in [-0.39, 0.29) is 17.9 Å². The molecule has 1 N–H and O–H groups in total. The lowest BCUT2D eigenvalue weighted by atomic mass is 9.87. The summed E-state index contributed by atoms with van der Waals surface area (Å²) in [5, 5.41) is 3.93. The van der Waals surface area contributed by atoms with Gasteiger partial charge >= 0.3 is 0 Å². The SMILES string of the molecule is CC(C)(C)c1ccc2c(c1)O[C@@H](C(=O)N/N=C\c1cccnc1)CO2. The van der Waals surface area contributed by atoms with Crippen LogP contribution in [0.25, 0.3) is 0 Å². The maximum absolute atomic E-state index is 12.2. The molecule has 25 heavy (non-hydrogen) atoms. The molecule has 1 aliphatic heterocycles. The number of nitrogens with one attached hydrogen (secondary N) is 1. The third kappa shape index (κ3) is 4.15. The lowest BCUT2D eigenvalue weighted by Crippen LogP contribution is -2.42. The Morgan fingerprint density at radius 1 is 1.32 bits per heavy atom. The van der Waals surface area contributed by atoms with Crippen LogP contribution in [0.4, 0.5) is 0 Å². The fourth-order valence-electron chi connectivity index (χ4n) is 2.36. The van der Waals surface area contributed by atoms with Gasteiger partial charge < -0.3 is 9.47 Å². The van der Waals surface area contributed by atoms with Gasteiger partial charge in [-0.05, 0) is 29.2 Å². The Kier molecular flexibility index (Phi) is 4.70. The summed E-state index contributed by atoms with van der Waals surface area (Å²) in [5.74, 6) is 0.873. The Morgan fingerprint density at radius 2 is 2.16 bits per heavy atom. The van der Waals surface area contributed by atoms with Gasteiger partial charge in [0.15, 0.2) is 11.5 Å². The first kappa shape index (κ1) is 17.0. The highest BCUT2D eigenvalue weighted by atomic mass is 16.6. The summed E-state index contributed by atoms with van der Waals surface area (Å²) in [7, 11) is 0. The Balaban J connectivity index is 1.65. The van der Waals surface area contributed by atoms with E-state index >= 15 is 0 Å². The molecule has 2 heterocycles. The maximum atomic E-state index is 12.2. The molecular formula is C19H21N3O3. The monoisotopic (exact) mass is 339 g/mol. The first-order chi connectivity index (χ1) is 11.9. The average molecular weight is 339 g/mol. The predicted molar refractivity (Wildman–Crippen MR) is 95.0 cm³/mol. The highest BCUT2D eigenvalue weighted by molar-refractivity contribution is 5.84. The molecule has 3 rings (SSSR count). The molecule has 1 amide bonds. The highest BCUT2D eigenvalue weighted by Gasteiger charge is 2.28. The van der Waals surface area contributed by atoms with Crippen molar-refractivity contribution < 1.29 is 14.3 Å². The number of pyridine rings is 1. The molecule has 1 aromatic carbocycles. The Labute approximate surface area is 146 Å². The number of rotatable bonds is 3. The molecule has 6 nitrogen and oxygen atoms in total. The van der Waals surface area contributed by atoms with Gasteiger partial charge in [-0.2, -0.15) is 5.10 Å². The van der Waals surface area contributed by atoms with Gasteiger partial charge in [-0.25, -0.2) is 5.43 Å². The van der Waals surface area contributed by atoms with Gasteiger partial charge in [0.2, 0.25) is 6.10 Å². The van der Waals surface area contributed by atoms with Gasteiger partial charge in [0.25, 0.3) is 5.91 Å². The summed E-state index contributed by atoms with van der Waals surface area (Å²) in [6.45, 7) is 6.51. The molecular weight excluding hydrogens is 318 g/mol. The predicted octanol–water partition coefficient (Wildman–Crippen LogP) is 2.67. The van der Waals surface area contributed by atoms with Crippen molar-refractivity contribution in [3.8, 4) is 11.5 Å². The van der Waals surface area contributed by atoms with Crippen molar-refractivity contribution in [1.29, 1.82) is 0 Å². The molecule has 0 unspecified atom stereocenters. The fraction of sp³-hybridized carbons (Fsp3) is 0.316. The summed E-state index contributed by atoms with van der Waals surface area (Å²) in [6, 6.07) is 9.46. The first-order valence-corrected chi connectivity index (χ1v) is 8.10. The number of aromatic nitrogens is 1. The number of hydrazone groups is 1. The number of carbonyl (C=O) groups excluding carboxylic acids is 1. The maximum Gasteiger partial charge on any atom is 0.284 e. The van der Waals surface area contributed by atoms with Gasteiger partial charge in [-0.3, -0.25) is 9.78 Å². The Hall–Kier alpha value is -2.89. The fourth-order valence-corrected chi connectivity index (χ4v) is 2.36. The minimum Gasteiger partial charge on any atom is -0.485 e. The zero-order valence-electron chi connectivity index (χ0n) is 14.5. The van der Waals surface area contributed by atoms with Gasteiger partial charge in [-0.1, -0.05) is 32.9 Å². The van der Waals surface area contributed by atoms with Crippen molar-refractivity contribution in [1.82, 2.24) is 10.4 Å². The lowest BCUT2D eigenvalue weighted by Gasteiger charge is -2.27. The van der Waals surface area contributed by atoms with Crippen LogP contribution in [0.15, 0.2) is 47.8 Å². The zero-order chi connectivity index (χ0) is 17.9. The summed E-state index contributed by atoms with van der Waals surface area (Å²) >= 11 is 0. The van der Waals surface area contributed by atoms with Gasteiger partial charge in [0.1, 0.15) is 6.61 Å². The largest absolute Gasteiger partial charge is 0.485 e. The van der Waals surface area contributed by atoms with Gasteiger partial charge in [0.05, 0.1) is 6.21 Å². The zero-order valence-corrected chi connectivity index (χ0v) is 14.5. The summed E-state index contributed by atoms with van der Waals surface area (Å²) in [5.41, 5.74) is 4.37. The molecule has 130 valence electrons. The molecule has 0 saturated carbocycles. The van der Waals surface area contributed by atoms with E-state index in [2.05, 4.69) is 36.3 Å². The second-order valence-electron chi connectivity index (χ2n) is 6.85. The van der Waals surface area contributed by atoms with E-state index in [0.717, 1.165) is 11.1 Å². The topological polar surface area (TPSA) is 72.8 Å². The smallest absolute Gasteiger partial charge is 0.284 e. The number of carbonyl (C=O) groups is 1. The van der Waals surface area contributed by atoms with Crippen LogP contribution in [0.2, 0.25) is 0 Å². The van der Waals surface area contributed by atoms with Crippen molar-refractivity contribution >= 4 is 12.1 Å². The van der Waals surface area contributed by atoms with Gasteiger partial charge in [-0.15, -0.1) is 0 Å². The summed E-state index contributed by atoms with van der Waals surface area (Å²) in [4.78, 5) is 16.2. The molecule has 1 aliphatic rings. The molecule has 0 aliphatic carbocycles. The second kappa shape index (κ2) is 6.93. The quantitative estimate of drug-likeness (QED) is 0.689. The minimum absolute atomic E-state index is 0.0123. The number of benzene rings is 1. The molecule has 0 fully saturated rings. The van der Waals surface area contributed by atoms with E-state index in [1.54, 1.807) is 18.5 Å². The van der Waals surface area contributed by atoms with E-state index < -0.39 is 6.10 Å².